The monoisotopic (exact) mass is 471 g/mol. The van der Waals surface area contributed by atoms with E-state index in [1.807, 2.05) is 61.7 Å². The molecule has 5 heteroatoms. The van der Waals surface area contributed by atoms with E-state index in [4.69, 9.17) is 23.2 Å². The normalized spacial score (nSPS) is 11.2. The Kier molecular flexibility index (Phi) is 9.54. The van der Waals surface area contributed by atoms with Crippen molar-refractivity contribution in [2.24, 2.45) is 0 Å². The van der Waals surface area contributed by atoms with Crippen LogP contribution in [-0.4, -0.2) is 24.3 Å². The van der Waals surface area contributed by atoms with Crippen molar-refractivity contribution in [3.05, 3.63) is 118 Å². The van der Waals surface area contributed by atoms with E-state index < -0.39 is 0 Å². The molecule has 0 fully saturated rings. The van der Waals surface area contributed by atoms with Crippen LogP contribution in [0.1, 0.15) is 16.7 Å². The van der Waals surface area contributed by atoms with Gasteiger partial charge in [-0.1, -0.05) is 90.4 Å². The number of halogens is 3. The molecule has 0 saturated heterocycles. The summed E-state index contributed by atoms with van der Waals surface area (Å²) >= 11 is 12.4. The molecule has 0 saturated carbocycles. The number of rotatable bonds is 8. The van der Waals surface area contributed by atoms with Gasteiger partial charge in [-0.25, -0.2) is 0 Å². The van der Waals surface area contributed by atoms with Gasteiger partial charge in [-0.15, -0.1) is 12.4 Å². The number of nitrogens with zero attached hydrogens (tertiary/aromatic N) is 1. The van der Waals surface area contributed by atoms with Gasteiger partial charge in [0.1, 0.15) is 0 Å². The molecule has 0 N–H and O–H groups in total. The zero-order valence-electron chi connectivity index (χ0n) is 17.2. The zero-order chi connectivity index (χ0) is 21.5. The zero-order valence-corrected chi connectivity index (χ0v) is 19.6. The lowest BCUT2D eigenvalue weighted by atomic mass is 9.95. The van der Waals surface area contributed by atoms with Crippen LogP contribution in [0.3, 0.4) is 0 Å². The summed E-state index contributed by atoms with van der Waals surface area (Å²) in [5.74, 6) is -0.127. The molecule has 0 atom stereocenters. The molecular weight excluding hydrogens is 449 g/mol. The average molecular weight is 473 g/mol. The number of hydrogen-bond acceptors (Lipinski definition) is 2. The highest BCUT2D eigenvalue weighted by Gasteiger charge is 2.19. The first kappa shape index (κ1) is 24.9. The molecule has 2 nitrogen and oxygen atoms in total. The van der Waals surface area contributed by atoms with E-state index in [1.54, 1.807) is 18.2 Å². The predicted molar refractivity (Wildman–Crippen MR) is 135 cm³/mol. The topological polar surface area (TPSA) is 20.3 Å². The number of carbonyl (C=O) groups excluding carboxylic acids is 1. The van der Waals surface area contributed by atoms with E-state index in [2.05, 4.69) is 23.6 Å². The molecule has 0 spiro atoms. The first-order valence-corrected chi connectivity index (χ1v) is 10.4. The first-order valence-electron chi connectivity index (χ1n) is 9.61. The standard InChI is InChI=1S/C26H23Cl2NO.ClH/c1-19(17-29(2)18-21-8-4-3-5-9-21)26(30)24(23-10-6-7-11-25(23)28)16-20-12-14-22(27)15-13-20;/h3-16H,1,17-18H2,2H3;1H/b24-16+;. The SMILES string of the molecule is C=C(CN(C)Cc1ccccc1)C(=O)/C(=C/c1ccc(Cl)cc1)c1ccccc1Cl.Cl. The summed E-state index contributed by atoms with van der Waals surface area (Å²) in [5.41, 5.74) is 3.76. The van der Waals surface area contributed by atoms with Gasteiger partial charge in [0.25, 0.3) is 0 Å². The molecule has 0 aliphatic rings. The van der Waals surface area contributed by atoms with Gasteiger partial charge in [0.05, 0.1) is 0 Å². The molecule has 3 aromatic rings. The van der Waals surface area contributed by atoms with Crippen molar-refractivity contribution in [3.8, 4) is 0 Å². The molecule has 3 rings (SSSR count). The average Bonchev–Trinajstić information content (AvgIpc) is 2.74. The lowest BCUT2D eigenvalue weighted by Gasteiger charge is -2.19. The molecule has 0 aliphatic heterocycles. The fourth-order valence-corrected chi connectivity index (χ4v) is 3.57. The summed E-state index contributed by atoms with van der Waals surface area (Å²) in [6.45, 7) is 5.26. The van der Waals surface area contributed by atoms with Crippen LogP contribution in [0.2, 0.25) is 10.0 Å². The second-order valence-electron chi connectivity index (χ2n) is 7.18. The summed E-state index contributed by atoms with van der Waals surface area (Å²) in [7, 11) is 1.98. The van der Waals surface area contributed by atoms with Gasteiger partial charge in [-0.2, -0.15) is 0 Å². The second-order valence-corrected chi connectivity index (χ2v) is 8.02. The van der Waals surface area contributed by atoms with Crippen LogP contribution in [0.15, 0.2) is 91.0 Å². The van der Waals surface area contributed by atoms with Gasteiger partial charge in [-0.3, -0.25) is 9.69 Å². The van der Waals surface area contributed by atoms with E-state index in [-0.39, 0.29) is 18.2 Å². The molecule has 160 valence electrons. The van der Waals surface area contributed by atoms with E-state index in [0.717, 1.165) is 12.1 Å². The molecule has 0 aromatic heterocycles. The number of allylic oxidation sites excluding steroid dienone is 1. The van der Waals surface area contributed by atoms with Crippen LogP contribution in [0, 0.1) is 0 Å². The molecule has 0 amide bonds. The Labute approximate surface area is 200 Å². The van der Waals surface area contributed by atoms with Gasteiger partial charge in [-0.05, 0) is 42.4 Å². The maximum atomic E-state index is 13.4. The number of likely N-dealkylation sites (N-methyl/N-ethyl adjacent to an activating group) is 1. The van der Waals surface area contributed by atoms with Crippen LogP contribution < -0.4 is 0 Å². The minimum absolute atomic E-state index is 0. The number of carbonyl (C=O) groups is 1. The smallest absolute Gasteiger partial charge is 0.190 e. The van der Waals surface area contributed by atoms with E-state index in [1.165, 1.54) is 5.56 Å². The largest absolute Gasteiger partial charge is 0.298 e. The first-order chi connectivity index (χ1) is 14.4. The fourth-order valence-electron chi connectivity index (χ4n) is 3.21. The van der Waals surface area contributed by atoms with E-state index >= 15 is 0 Å². The van der Waals surface area contributed by atoms with Gasteiger partial charge in [0.2, 0.25) is 0 Å². The lowest BCUT2D eigenvalue weighted by molar-refractivity contribution is -0.110. The molecule has 0 unspecified atom stereocenters. The maximum Gasteiger partial charge on any atom is 0.190 e. The van der Waals surface area contributed by atoms with Gasteiger partial charge < -0.3 is 0 Å². The Balaban J connectivity index is 0.00000341. The minimum Gasteiger partial charge on any atom is -0.298 e. The van der Waals surface area contributed by atoms with Crippen LogP contribution in [-0.2, 0) is 11.3 Å². The molecule has 31 heavy (non-hydrogen) atoms. The highest BCUT2D eigenvalue weighted by molar-refractivity contribution is 6.38. The molecule has 0 heterocycles. The van der Waals surface area contributed by atoms with E-state index in [9.17, 15) is 4.79 Å². The highest BCUT2D eigenvalue weighted by Crippen LogP contribution is 2.28. The number of benzene rings is 3. The van der Waals surface area contributed by atoms with Crippen molar-refractivity contribution in [2.75, 3.05) is 13.6 Å². The van der Waals surface area contributed by atoms with Crippen molar-refractivity contribution < 1.29 is 4.79 Å². The molecule has 0 bridgehead atoms. The van der Waals surface area contributed by atoms with Crippen molar-refractivity contribution in [1.29, 1.82) is 0 Å². The van der Waals surface area contributed by atoms with E-state index in [0.29, 0.717) is 33.3 Å². The van der Waals surface area contributed by atoms with Gasteiger partial charge in [0, 0.05) is 39.8 Å². The lowest BCUT2D eigenvalue weighted by Crippen LogP contribution is -2.23. The van der Waals surface area contributed by atoms with Crippen molar-refractivity contribution in [2.45, 2.75) is 6.54 Å². The Morgan fingerprint density at radius 2 is 1.55 bits per heavy atom. The van der Waals surface area contributed by atoms with Crippen LogP contribution in [0.25, 0.3) is 11.6 Å². The van der Waals surface area contributed by atoms with Crippen molar-refractivity contribution in [3.63, 3.8) is 0 Å². The summed E-state index contributed by atoms with van der Waals surface area (Å²) in [5, 5.41) is 1.17. The van der Waals surface area contributed by atoms with Crippen LogP contribution >= 0.6 is 35.6 Å². The third-order valence-corrected chi connectivity index (χ3v) is 5.25. The Bertz CT molecular complexity index is 1060. The predicted octanol–water partition coefficient (Wildman–Crippen LogP) is 7.21. The van der Waals surface area contributed by atoms with Crippen molar-refractivity contribution in [1.82, 2.24) is 4.90 Å². The molecule has 0 radical (unpaired) electrons. The molecule has 0 aliphatic carbocycles. The molecule has 3 aromatic carbocycles. The second kappa shape index (κ2) is 11.9. The molecular formula is C26H24Cl3NO. The maximum absolute atomic E-state index is 13.4. The Morgan fingerprint density at radius 1 is 0.935 bits per heavy atom. The quantitative estimate of drug-likeness (QED) is 0.255. The minimum atomic E-state index is -0.127. The third kappa shape index (κ3) is 7.09. The van der Waals surface area contributed by atoms with Gasteiger partial charge >= 0.3 is 0 Å². The number of hydrogen-bond donors (Lipinski definition) is 0. The van der Waals surface area contributed by atoms with Crippen LogP contribution in [0.4, 0.5) is 0 Å². The fraction of sp³-hybridized carbons (Fsp3) is 0.115. The summed E-state index contributed by atoms with van der Waals surface area (Å²) in [4.78, 5) is 15.4. The third-order valence-electron chi connectivity index (χ3n) is 4.67. The Hall–Kier alpha value is -2.36. The summed E-state index contributed by atoms with van der Waals surface area (Å²) in [6, 6.07) is 24.8. The number of ketones is 1. The van der Waals surface area contributed by atoms with Gasteiger partial charge in [0.15, 0.2) is 5.78 Å². The Morgan fingerprint density at radius 3 is 2.19 bits per heavy atom. The van der Waals surface area contributed by atoms with Crippen LogP contribution in [0.5, 0.6) is 0 Å². The summed E-state index contributed by atoms with van der Waals surface area (Å²) in [6.07, 6.45) is 1.84. The van der Waals surface area contributed by atoms with Crippen molar-refractivity contribution >= 4 is 53.0 Å². The summed E-state index contributed by atoms with van der Waals surface area (Å²) < 4.78 is 0. The highest BCUT2D eigenvalue weighted by atomic mass is 35.5. The number of Topliss-reactive ketones (excluding diaryl/α,β-unsaturated/α-hetero) is 1.